The third-order valence-corrected chi connectivity index (χ3v) is 4.41. The Morgan fingerprint density at radius 2 is 1.86 bits per heavy atom. The molecule has 0 unspecified atom stereocenters. The Morgan fingerprint density at radius 1 is 1.07 bits per heavy atom. The molecule has 0 saturated carbocycles. The van der Waals surface area contributed by atoms with E-state index in [-0.39, 0.29) is 24.4 Å². The van der Waals surface area contributed by atoms with Gasteiger partial charge in [-0.3, -0.25) is 14.9 Å². The average molecular weight is 388 g/mol. The van der Waals surface area contributed by atoms with Gasteiger partial charge in [-0.1, -0.05) is 53.7 Å². The van der Waals surface area contributed by atoms with Gasteiger partial charge in [0.25, 0.3) is 5.69 Å². The van der Waals surface area contributed by atoms with Gasteiger partial charge in [-0.25, -0.2) is 0 Å². The third kappa shape index (κ3) is 4.11. The van der Waals surface area contributed by atoms with Gasteiger partial charge in [-0.15, -0.1) is 0 Å². The summed E-state index contributed by atoms with van der Waals surface area (Å²) in [7, 11) is 0. The van der Waals surface area contributed by atoms with E-state index < -0.39 is 4.92 Å². The summed E-state index contributed by atoms with van der Waals surface area (Å²) in [6.45, 7) is 0. The number of nitro groups is 1. The topological polar surface area (TPSA) is 111 Å². The quantitative estimate of drug-likeness (QED) is 0.388. The van der Waals surface area contributed by atoms with Crippen LogP contribution in [0.1, 0.15) is 12.3 Å². The van der Waals surface area contributed by atoms with E-state index in [0.717, 1.165) is 16.3 Å². The zero-order chi connectivity index (χ0) is 20.2. The number of aromatic nitrogens is 2. The predicted molar refractivity (Wildman–Crippen MR) is 107 cm³/mol. The number of amides is 1. The van der Waals surface area contributed by atoms with E-state index in [4.69, 9.17) is 4.52 Å². The lowest BCUT2D eigenvalue weighted by Gasteiger charge is -2.03. The van der Waals surface area contributed by atoms with Gasteiger partial charge in [0.15, 0.2) is 0 Å². The molecular formula is C21H16N4O4. The van der Waals surface area contributed by atoms with Gasteiger partial charge in [0, 0.05) is 36.2 Å². The van der Waals surface area contributed by atoms with E-state index in [1.54, 1.807) is 6.07 Å². The summed E-state index contributed by atoms with van der Waals surface area (Å²) in [5.74, 6) is 0.522. The summed E-state index contributed by atoms with van der Waals surface area (Å²) >= 11 is 0. The van der Waals surface area contributed by atoms with E-state index in [0.29, 0.717) is 17.4 Å². The van der Waals surface area contributed by atoms with Crippen LogP contribution in [0.25, 0.3) is 22.2 Å². The van der Waals surface area contributed by atoms with E-state index in [2.05, 4.69) is 15.5 Å². The number of carbonyl (C=O) groups excluding carboxylic acids is 1. The first kappa shape index (κ1) is 18.3. The number of non-ortho nitro benzene ring substituents is 1. The summed E-state index contributed by atoms with van der Waals surface area (Å²) in [5.41, 5.74) is 1.14. The van der Waals surface area contributed by atoms with Crippen LogP contribution >= 0.6 is 0 Å². The molecule has 1 amide bonds. The number of carbonyl (C=O) groups is 1. The third-order valence-electron chi connectivity index (χ3n) is 4.41. The molecule has 0 atom stereocenters. The van der Waals surface area contributed by atoms with Gasteiger partial charge in [0.05, 0.1) is 4.92 Å². The minimum absolute atomic E-state index is 0.0839. The number of benzene rings is 3. The minimum atomic E-state index is -0.511. The lowest BCUT2D eigenvalue weighted by molar-refractivity contribution is -0.384. The van der Waals surface area contributed by atoms with Crippen molar-refractivity contribution in [3.8, 4) is 11.4 Å². The highest BCUT2D eigenvalue weighted by Gasteiger charge is 2.13. The van der Waals surface area contributed by atoms with Crippen LogP contribution in [0.3, 0.4) is 0 Å². The van der Waals surface area contributed by atoms with Crippen molar-refractivity contribution in [2.24, 2.45) is 0 Å². The average Bonchev–Trinajstić information content (AvgIpc) is 3.21. The molecule has 0 radical (unpaired) electrons. The van der Waals surface area contributed by atoms with Crippen molar-refractivity contribution in [1.29, 1.82) is 0 Å². The molecule has 4 aromatic rings. The molecule has 0 fully saturated rings. The number of hydrogen-bond acceptors (Lipinski definition) is 6. The largest absolute Gasteiger partial charge is 0.339 e. The van der Waals surface area contributed by atoms with Crippen molar-refractivity contribution >= 4 is 28.1 Å². The summed E-state index contributed by atoms with van der Waals surface area (Å²) in [4.78, 5) is 26.9. The van der Waals surface area contributed by atoms with Gasteiger partial charge < -0.3 is 9.84 Å². The molecule has 0 aliphatic rings. The van der Waals surface area contributed by atoms with Crippen LogP contribution in [-0.4, -0.2) is 21.0 Å². The zero-order valence-electron chi connectivity index (χ0n) is 15.2. The maximum absolute atomic E-state index is 12.1. The molecule has 0 aliphatic carbocycles. The van der Waals surface area contributed by atoms with Crippen molar-refractivity contribution < 1.29 is 14.2 Å². The number of aryl methyl sites for hydroxylation is 1. The number of hydrogen-bond donors (Lipinski definition) is 1. The van der Waals surface area contributed by atoms with Crippen LogP contribution in [0.5, 0.6) is 0 Å². The molecule has 1 heterocycles. The van der Waals surface area contributed by atoms with Crippen LogP contribution in [0, 0.1) is 10.1 Å². The van der Waals surface area contributed by atoms with Gasteiger partial charge in [0.2, 0.25) is 17.6 Å². The molecule has 8 heteroatoms. The summed E-state index contributed by atoms with van der Waals surface area (Å²) in [6, 6.07) is 19.6. The first-order valence-corrected chi connectivity index (χ1v) is 8.95. The maximum Gasteiger partial charge on any atom is 0.271 e. The molecule has 0 aliphatic heterocycles. The lowest BCUT2D eigenvalue weighted by atomic mass is 10.0. The monoisotopic (exact) mass is 388 g/mol. The second-order valence-electron chi connectivity index (χ2n) is 6.39. The number of nitrogens with zero attached hydrogens (tertiary/aromatic N) is 3. The normalized spacial score (nSPS) is 10.8. The Balaban J connectivity index is 1.42. The molecule has 144 valence electrons. The Labute approximate surface area is 165 Å². The fourth-order valence-electron chi connectivity index (χ4n) is 3.03. The molecule has 4 rings (SSSR count). The minimum Gasteiger partial charge on any atom is -0.339 e. The highest BCUT2D eigenvalue weighted by atomic mass is 16.6. The molecule has 0 spiro atoms. The maximum atomic E-state index is 12.1. The molecule has 29 heavy (non-hydrogen) atoms. The molecule has 1 N–H and O–H groups in total. The highest BCUT2D eigenvalue weighted by molar-refractivity contribution is 5.95. The van der Waals surface area contributed by atoms with E-state index in [9.17, 15) is 14.9 Å². The fraction of sp³-hybridized carbons (Fsp3) is 0.0952. The molecule has 0 saturated heterocycles. The second-order valence-corrected chi connectivity index (χ2v) is 6.39. The van der Waals surface area contributed by atoms with Crippen LogP contribution in [0.4, 0.5) is 11.4 Å². The SMILES string of the molecule is O=C(CCc1nc(-c2cccc3ccccc23)no1)Nc1cccc([N+](=O)[O-])c1. The van der Waals surface area contributed by atoms with E-state index in [1.165, 1.54) is 18.2 Å². The highest BCUT2D eigenvalue weighted by Crippen LogP contribution is 2.26. The molecule has 8 nitrogen and oxygen atoms in total. The number of fused-ring (bicyclic) bond motifs is 1. The summed E-state index contributed by atoms with van der Waals surface area (Å²) in [5, 5.41) is 19.6. The Morgan fingerprint density at radius 3 is 2.72 bits per heavy atom. The first-order valence-electron chi connectivity index (χ1n) is 8.95. The van der Waals surface area contributed by atoms with E-state index in [1.807, 2.05) is 42.5 Å². The fourth-order valence-corrected chi connectivity index (χ4v) is 3.03. The number of nitrogens with one attached hydrogen (secondary N) is 1. The van der Waals surface area contributed by atoms with E-state index >= 15 is 0 Å². The predicted octanol–water partition coefficient (Wildman–Crippen LogP) is 4.37. The van der Waals surface area contributed by atoms with Crippen LogP contribution in [0.15, 0.2) is 71.3 Å². The van der Waals surface area contributed by atoms with Gasteiger partial charge in [-0.2, -0.15) is 4.98 Å². The van der Waals surface area contributed by atoms with Gasteiger partial charge >= 0.3 is 0 Å². The molecule has 3 aromatic carbocycles. The van der Waals surface area contributed by atoms with Crippen molar-refractivity contribution in [3.63, 3.8) is 0 Å². The number of rotatable bonds is 6. The van der Waals surface area contributed by atoms with Crippen LogP contribution in [0.2, 0.25) is 0 Å². The smallest absolute Gasteiger partial charge is 0.271 e. The zero-order valence-corrected chi connectivity index (χ0v) is 15.2. The Bertz CT molecular complexity index is 1200. The molecular weight excluding hydrogens is 372 g/mol. The first-order chi connectivity index (χ1) is 14.1. The number of anilines is 1. The van der Waals surface area contributed by atoms with Crippen molar-refractivity contribution in [2.45, 2.75) is 12.8 Å². The van der Waals surface area contributed by atoms with Crippen molar-refractivity contribution in [3.05, 3.63) is 82.7 Å². The van der Waals surface area contributed by atoms with Gasteiger partial charge in [0.1, 0.15) is 0 Å². The van der Waals surface area contributed by atoms with Crippen LogP contribution < -0.4 is 5.32 Å². The summed E-state index contributed by atoms with van der Waals surface area (Å²) < 4.78 is 5.29. The van der Waals surface area contributed by atoms with Crippen molar-refractivity contribution in [2.75, 3.05) is 5.32 Å². The van der Waals surface area contributed by atoms with Crippen LogP contribution in [-0.2, 0) is 11.2 Å². The lowest BCUT2D eigenvalue weighted by Crippen LogP contribution is -2.12. The Hall–Kier alpha value is -4.07. The molecule has 1 aromatic heterocycles. The summed E-state index contributed by atoms with van der Waals surface area (Å²) in [6.07, 6.45) is 0.373. The Kier molecular flexibility index (Phi) is 4.98. The standard InChI is InChI=1S/C21H16N4O4/c26-19(22-15-7-4-8-16(13-15)25(27)28)11-12-20-23-21(24-29-20)18-10-3-6-14-5-1-2-9-17(14)18/h1-10,13H,11-12H2,(H,22,26). The second kappa shape index (κ2) is 7.89. The number of nitro benzene ring substituents is 1. The van der Waals surface area contributed by atoms with Gasteiger partial charge in [-0.05, 0) is 16.8 Å². The molecule has 0 bridgehead atoms. The van der Waals surface area contributed by atoms with Crippen molar-refractivity contribution in [1.82, 2.24) is 10.1 Å².